The standard InChI is InChI=1S/C29H18BrN3O2S/c30-24-10-4-7-21-22(24)8-3-9-23(21)28-32-25-16-20(13-14-26(25)35-28)31-29(36)33-27(34)19-12-11-17-5-1-2-6-18(17)15-19/h1-16H,(H2,31,33,34,36). The molecule has 0 aliphatic carbocycles. The molecule has 0 saturated carbocycles. The Morgan fingerprint density at radius 1 is 0.833 bits per heavy atom. The average molecular weight is 552 g/mol. The van der Waals surface area contributed by atoms with Crippen molar-refractivity contribution in [1.29, 1.82) is 0 Å². The quantitative estimate of drug-likeness (QED) is 0.220. The van der Waals surface area contributed by atoms with Gasteiger partial charge >= 0.3 is 0 Å². The Hall–Kier alpha value is -4.07. The van der Waals surface area contributed by atoms with Crippen LogP contribution in [-0.2, 0) is 0 Å². The molecule has 1 amide bonds. The van der Waals surface area contributed by atoms with Crippen LogP contribution in [0.5, 0.6) is 0 Å². The van der Waals surface area contributed by atoms with Gasteiger partial charge in [-0.05, 0) is 76.2 Å². The highest BCUT2D eigenvalue weighted by atomic mass is 79.9. The number of anilines is 1. The summed E-state index contributed by atoms with van der Waals surface area (Å²) in [5, 5.41) is 10.2. The third-order valence-electron chi connectivity index (χ3n) is 5.98. The molecule has 0 radical (unpaired) electrons. The fraction of sp³-hybridized carbons (Fsp3) is 0. The van der Waals surface area contributed by atoms with Gasteiger partial charge in [0.15, 0.2) is 10.7 Å². The fourth-order valence-corrected chi connectivity index (χ4v) is 4.96. The first-order chi connectivity index (χ1) is 17.5. The predicted molar refractivity (Wildman–Crippen MR) is 152 cm³/mol. The van der Waals surface area contributed by atoms with Gasteiger partial charge in [-0.3, -0.25) is 10.1 Å². The molecule has 0 aliphatic rings. The number of thiocarbonyl (C=S) groups is 1. The summed E-state index contributed by atoms with van der Waals surface area (Å²) in [6, 6.07) is 31.1. The molecule has 6 rings (SSSR count). The Bertz CT molecular complexity index is 1810. The number of carbonyl (C=O) groups is 1. The summed E-state index contributed by atoms with van der Waals surface area (Å²) in [5.41, 5.74) is 3.50. The molecule has 6 aromatic rings. The van der Waals surface area contributed by atoms with Gasteiger partial charge in [-0.25, -0.2) is 4.98 Å². The van der Waals surface area contributed by atoms with E-state index < -0.39 is 0 Å². The number of hydrogen-bond acceptors (Lipinski definition) is 4. The van der Waals surface area contributed by atoms with Gasteiger partial charge in [0.05, 0.1) is 0 Å². The molecule has 1 aromatic heterocycles. The maximum atomic E-state index is 12.7. The zero-order chi connectivity index (χ0) is 24.6. The fourth-order valence-electron chi connectivity index (χ4n) is 4.25. The van der Waals surface area contributed by atoms with E-state index in [0.29, 0.717) is 28.2 Å². The van der Waals surface area contributed by atoms with E-state index >= 15 is 0 Å². The Morgan fingerprint density at radius 2 is 1.64 bits per heavy atom. The summed E-state index contributed by atoms with van der Waals surface area (Å²) in [6.45, 7) is 0. The van der Waals surface area contributed by atoms with Gasteiger partial charge < -0.3 is 9.73 Å². The van der Waals surface area contributed by atoms with E-state index in [1.54, 1.807) is 6.07 Å². The van der Waals surface area contributed by atoms with Gasteiger partial charge in [0.1, 0.15) is 5.52 Å². The second-order valence-corrected chi connectivity index (χ2v) is 9.57. The first-order valence-electron chi connectivity index (χ1n) is 11.2. The molecule has 0 spiro atoms. The second-order valence-electron chi connectivity index (χ2n) is 8.31. The number of nitrogens with one attached hydrogen (secondary N) is 2. The highest BCUT2D eigenvalue weighted by molar-refractivity contribution is 9.10. The minimum Gasteiger partial charge on any atom is -0.436 e. The third-order valence-corrected chi connectivity index (χ3v) is 6.88. The summed E-state index contributed by atoms with van der Waals surface area (Å²) in [7, 11) is 0. The van der Waals surface area contributed by atoms with E-state index in [9.17, 15) is 4.79 Å². The molecule has 0 fully saturated rings. The largest absolute Gasteiger partial charge is 0.436 e. The molecule has 5 aromatic carbocycles. The molecule has 0 atom stereocenters. The number of hydrogen-bond donors (Lipinski definition) is 2. The van der Waals surface area contributed by atoms with Crippen LogP contribution in [0.3, 0.4) is 0 Å². The molecule has 0 saturated heterocycles. The van der Waals surface area contributed by atoms with E-state index in [4.69, 9.17) is 21.6 Å². The molecule has 0 aliphatic heterocycles. The number of benzene rings is 5. The molecule has 1 heterocycles. The highest BCUT2D eigenvalue weighted by Gasteiger charge is 2.14. The van der Waals surface area contributed by atoms with Crippen LogP contribution >= 0.6 is 28.1 Å². The van der Waals surface area contributed by atoms with Crippen molar-refractivity contribution in [1.82, 2.24) is 10.3 Å². The number of nitrogens with zero attached hydrogens (tertiary/aromatic N) is 1. The molecule has 0 unspecified atom stereocenters. The lowest BCUT2D eigenvalue weighted by Crippen LogP contribution is -2.34. The van der Waals surface area contributed by atoms with Crippen LogP contribution in [0.4, 0.5) is 5.69 Å². The Balaban J connectivity index is 1.22. The summed E-state index contributed by atoms with van der Waals surface area (Å²) in [5.74, 6) is 0.267. The second kappa shape index (κ2) is 9.18. The van der Waals surface area contributed by atoms with Gasteiger partial charge in [-0.15, -0.1) is 0 Å². The molecule has 0 bridgehead atoms. The summed E-state index contributed by atoms with van der Waals surface area (Å²) in [6.07, 6.45) is 0. The molecule has 174 valence electrons. The van der Waals surface area contributed by atoms with Gasteiger partial charge in [0.2, 0.25) is 5.89 Å². The van der Waals surface area contributed by atoms with Crippen molar-refractivity contribution in [3.63, 3.8) is 0 Å². The molecule has 7 heteroatoms. The van der Waals surface area contributed by atoms with Crippen LogP contribution in [0, 0.1) is 0 Å². The Morgan fingerprint density at radius 3 is 2.53 bits per heavy atom. The van der Waals surface area contributed by atoms with E-state index in [1.807, 2.05) is 84.9 Å². The zero-order valence-electron chi connectivity index (χ0n) is 18.8. The van der Waals surface area contributed by atoms with Crippen molar-refractivity contribution in [3.05, 3.63) is 107 Å². The third kappa shape index (κ3) is 4.23. The maximum Gasteiger partial charge on any atom is 0.257 e. The number of carbonyl (C=O) groups excluding carboxylic acids is 1. The van der Waals surface area contributed by atoms with Crippen molar-refractivity contribution < 1.29 is 9.21 Å². The van der Waals surface area contributed by atoms with Crippen LogP contribution in [-0.4, -0.2) is 16.0 Å². The van der Waals surface area contributed by atoms with Crippen molar-refractivity contribution in [2.24, 2.45) is 0 Å². The normalized spacial score (nSPS) is 11.1. The van der Waals surface area contributed by atoms with Crippen LogP contribution in [0.15, 0.2) is 106 Å². The summed E-state index contributed by atoms with van der Waals surface area (Å²) >= 11 is 9.00. The topological polar surface area (TPSA) is 67.2 Å². The molecule has 5 nitrogen and oxygen atoms in total. The zero-order valence-corrected chi connectivity index (χ0v) is 21.2. The van der Waals surface area contributed by atoms with Crippen molar-refractivity contribution in [2.45, 2.75) is 0 Å². The number of aromatic nitrogens is 1. The Kier molecular flexibility index (Phi) is 5.71. The van der Waals surface area contributed by atoms with Crippen LogP contribution < -0.4 is 10.6 Å². The van der Waals surface area contributed by atoms with Crippen molar-refractivity contribution >= 4 is 77.5 Å². The smallest absolute Gasteiger partial charge is 0.257 e. The van der Waals surface area contributed by atoms with Gasteiger partial charge in [-0.2, -0.15) is 0 Å². The van der Waals surface area contributed by atoms with Crippen LogP contribution in [0.25, 0.3) is 44.1 Å². The minimum absolute atomic E-state index is 0.204. The van der Waals surface area contributed by atoms with Crippen LogP contribution in [0.2, 0.25) is 0 Å². The van der Waals surface area contributed by atoms with E-state index in [0.717, 1.165) is 31.6 Å². The minimum atomic E-state index is -0.273. The molecule has 2 N–H and O–H groups in total. The number of oxazole rings is 1. The van der Waals surface area contributed by atoms with Crippen LogP contribution in [0.1, 0.15) is 10.4 Å². The monoisotopic (exact) mass is 551 g/mol. The number of halogens is 1. The lowest BCUT2D eigenvalue weighted by Gasteiger charge is -2.10. The molecule has 36 heavy (non-hydrogen) atoms. The Labute approximate surface area is 220 Å². The highest BCUT2D eigenvalue weighted by Crippen LogP contribution is 2.34. The maximum absolute atomic E-state index is 12.7. The first-order valence-corrected chi connectivity index (χ1v) is 12.4. The lowest BCUT2D eigenvalue weighted by molar-refractivity contribution is 0.0978. The number of fused-ring (bicyclic) bond motifs is 3. The average Bonchev–Trinajstić information content (AvgIpc) is 3.31. The summed E-state index contributed by atoms with van der Waals surface area (Å²) in [4.78, 5) is 17.4. The van der Waals surface area contributed by atoms with Crippen molar-refractivity contribution in [3.8, 4) is 11.5 Å². The van der Waals surface area contributed by atoms with Crippen molar-refractivity contribution in [2.75, 3.05) is 5.32 Å². The SMILES string of the molecule is O=C(NC(=S)Nc1ccc2oc(-c3cccc4c(Br)cccc34)nc2c1)c1ccc2ccccc2c1. The van der Waals surface area contributed by atoms with E-state index in [-0.39, 0.29) is 11.0 Å². The number of rotatable bonds is 3. The number of amides is 1. The van der Waals surface area contributed by atoms with E-state index in [1.165, 1.54) is 0 Å². The first kappa shape index (κ1) is 22.4. The molecular weight excluding hydrogens is 534 g/mol. The lowest BCUT2D eigenvalue weighted by atomic mass is 10.0. The predicted octanol–water partition coefficient (Wildman–Crippen LogP) is 7.69. The van der Waals surface area contributed by atoms with Gasteiger partial charge in [0, 0.05) is 21.3 Å². The van der Waals surface area contributed by atoms with E-state index in [2.05, 4.69) is 32.6 Å². The van der Waals surface area contributed by atoms with Gasteiger partial charge in [-0.1, -0.05) is 70.5 Å². The summed E-state index contributed by atoms with van der Waals surface area (Å²) < 4.78 is 7.08. The van der Waals surface area contributed by atoms with Gasteiger partial charge in [0.25, 0.3) is 5.91 Å². The molecular formula is C29H18BrN3O2S.